The van der Waals surface area contributed by atoms with Crippen LogP contribution in [0.4, 0.5) is 0 Å². The molecular formula is C25H29ClNS-. The normalized spacial score (nSPS) is 19.0. The summed E-state index contributed by atoms with van der Waals surface area (Å²) < 4.78 is 0. The molecule has 3 aromatic rings. The van der Waals surface area contributed by atoms with Crippen molar-refractivity contribution in [1.29, 1.82) is 0 Å². The van der Waals surface area contributed by atoms with Gasteiger partial charge in [-0.05, 0) is 78.5 Å². The lowest BCUT2D eigenvalue weighted by Crippen LogP contribution is -3.00. The van der Waals surface area contributed by atoms with E-state index in [0.29, 0.717) is 5.41 Å². The smallest absolute Gasteiger partial charge is 0.124 e. The Morgan fingerprint density at radius 2 is 1.71 bits per heavy atom. The summed E-state index contributed by atoms with van der Waals surface area (Å²) >= 11 is 1.98. The molecule has 0 spiro atoms. The molecule has 0 saturated heterocycles. The highest BCUT2D eigenvalue weighted by atomic mass is 35.5. The van der Waals surface area contributed by atoms with Crippen LogP contribution < -0.4 is 12.4 Å². The number of benzene rings is 1. The van der Waals surface area contributed by atoms with Crippen molar-refractivity contribution in [3.8, 4) is 11.1 Å². The average Bonchev–Trinajstić information content (AvgIpc) is 3.03. The van der Waals surface area contributed by atoms with Gasteiger partial charge >= 0.3 is 0 Å². The van der Waals surface area contributed by atoms with E-state index in [2.05, 4.69) is 51.1 Å². The molecule has 1 unspecified atom stereocenters. The van der Waals surface area contributed by atoms with Gasteiger partial charge in [0, 0.05) is 16.0 Å². The molecule has 2 aromatic heterocycles. The number of hydrogen-bond acceptors (Lipinski definition) is 2. The fraction of sp³-hybridized carbons (Fsp3) is 0.480. The van der Waals surface area contributed by atoms with Crippen LogP contribution in [0.15, 0.2) is 30.3 Å². The summed E-state index contributed by atoms with van der Waals surface area (Å²) in [4.78, 5) is 8.15. The van der Waals surface area contributed by atoms with Gasteiger partial charge in [0.1, 0.15) is 4.83 Å². The van der Waals surface area contributed by atoms with Crippen molar-refractivity contribution in [2.24, 2.45) is 11.3 Å². The van der Waals surface area contributed by atoms with Crippen molar-refractivity contribution in [2.45, 2.75) is 65.7 Å². The van der Waals surface area contributed by atoms with Crippen LogP contribution in [0.25, 0.3) is 21.3 Å². The first-order chi connectivity index (χ1) is 13.0. The highest BCUT2D eigenvalue weighted by Gasteiger charge is 2.33. The van der Waals surface area contributed by atoms with Crippen LogP contribution in [-0.4, -0.2) is 4.98 Å². The van der Waals surface area contributed by atoms with Gasteiger partial charge in [0.25, 0.3) is 0 Å². The van der Waals surface area contributed by atoms with E-state index in [4.69, 9.17) is 4.98 Å². The molecule has 0 saturated carbocycles. The zero-order valence-electron chi connectivity index (χ0n) is 17.1. The van der Waals surface area contributed by atoms with Gasteiger partial charge < -0.3 is 12.4 Å². The quantitative estimate of drug-likeness (QED) is 0.591. The largest absolute Gasteiger partial charge is 1.00 e. The van der Waals surface area contributed by atoms with E-state index >= 15 is 0 Å². The molecule has 0 radical (unpaired) electrons. The van der Waals surface area contributed by atoms with Crippen LogP contribution in [0.3, 0.4) is 0 Å². The Labute approximate surface area is 179 Å². The minimum atomic E-state index is 0. The number of hydrogen-bond donors (Lipinski definition) is 0. The average molecular weight is 411 g/mol. The first kappa shape index (κ1) is 19.9. The van der Waals surface area contributed by atoms with Crippen molar-refractivity contribution in [1.82, 2.24) is 4.98 Å². The van der Waals surface area contributed by atoms with Crippen molar-refractivity contribution in [3.63, 3.8) is 0 Å². The van der Waals surface area contributed by atoms with Crippen LogP contribution >= 0.6 is 11.3 Å². The topological polar surface area (TPSA) is 12.9 Å². The summed E-state index contributed by atoms with van der Waals surface area (Å²) in [5.74, 6) is 0.737. The molecule has 2 aliphatic rings. The zero-order valence-corrected chi connectivity index (χ0v) is 18.7. The maximum absolute atomic E-state index is 5.24. The monoisotopic (exact) mass is 410 g/mol. The lowest BCUT2D eigenvalue weighted by atomic mass is 9.70. The highest BCUT2D eigenvalue weighted by Crippen LogP contribution is 2.46. The molecule has 5 rings (SSSR count). The maximum atomic E-state index is 5.24. The number of nitrogens with zero attached hydrogens (tertiary/aromatic N) is 1. The summed E-state index contributed by atoms with van der Waals surface area (Å²) in [5, 5.41) is 1.49. The van der Waals surface area contributed by atoms with Crippen molar-refractivity contribution >= 4 is 21.6 Å². The van der Waals surface area contributed by atoms with Gasteiger partial charge in [-0.25, -0.2) is 4.98 Å². The third-order valence-corrected chi connectivity index (χ3v) is 7.94. The van der Waals surface area contributed by atoms with Gasteiger partial charge in [-0.2, -0.15) is 0 Å². The Morgan fingerprint density at radius 1 is 0.964 bits per heavy atom. The standard InChI is InChI=1S/C25H29NS.ClH/c1-25(2,3)17-13-14-20-19(15-17)22(16-9-5-4-6-10-16)23-18-11-7-8-12-21(18)27-24(23)26-20;/h4-6,9-10,17H,7-8,11-15H2,1-3H3;1H/p-1. The third-order valence-electron chi connectivity index (χ3n) is 6.76. The molecule has 1 atom stereocenters. The lowest BCUT2D eigenvalue weighted by molar-refractivity contribution is -0.00000601. The van der Waals surface area contributed by atoms with Crippen LogP contribution in [0.5, 0.6) is 0 Å². The van der Waals surface area contributed by atoms with Crippen molar-refractivity contribution in [3.05, 3.63) is 52.0 Å². The van der Waals surface area contributed by atoms with Crippen molar-refractivity contribution in [2.75, 3.05) is 0 Å². The molecule has 0 fully saturated rings. The van der Waals surface area contributed by atoms with E-state index in [-0.39, 0.29) is 12.4 Å². The number of pyridine rings is 1. The minimum Gasteiger partial charge on any atom is -1.00 e. The summed E-state index contributed by atoms with van der Waals surface area (Å²) in [6, 6.07) is 11.1. The Morgan fingerprint density at radius 3 is 2.46 bits per heavy atom. The number of halogens is 1. The summed E-state index contributed by atoms with van der Waals surface area (Å²) in [6.07, 6.45) is 8.74. The van der Waals surface area contributed by atoms with Crippen LogP contribution in [0.2, 0.25) is 0 Å². The first-order valence-electron chi connectivity index (χ1n) is 10.5. The second-order valence-electron chi connectivity index (χ2n) is 9.47. The molecule has 0 N–H and O–H groups in total. The predicted octanol–water partition coefficient (Wildman–Crippen LogP) is 4.00. The highest BCUT2D eigenvalue weighted by molar-refractivity contribution is 7.19. The molecule has 28 heavy (non-hydrogen) atoms. The Kier molecular flexibility index (Phi) is 5.31. The Balaban J connectivity index is 0.00000192. The summed E-state index contributed by atoms with van der Waals surface area (Å²) in [7, 11) is 0. The van der Waals surface area contributed by atoms with E-state index in [1.807, 2.05) is 11.3 Å². The molecule has 0 aliphatic heterocycles. The Hall–Kier alpha value is -1.38. The molecule has 2 aliphatic carbocycles. The van der Waals surface area contributed by atoms with Gasteiger partial charge in [0.15, 0.2) is 0 Å². The lowest BCUT2D eigenvalue weighted by Gasteiger charge is -2.35. The molecule has 0 bridgehead atoms. The van der Waals surface area contributed by atoms with Crippen LogP contribution in [-0.2, 0) is 25.7 Å². The van der Waals surface area contributed by atoms with E-state index in [0.717, 1.165) is 12.3 Å². The van der Waals surface area contributed by atoms with E-state index in [1.165, 1.54) is 65.6 Å². The fourth-order valence-electron chi connectivity index (χ4n) is 5.12. The van der Waals surface area contributed by atoms with Crippen LogP contribution in [0, 0.1) is 11.3 Å². The van der Waals surface area contributed by atoms with Gasteiger partial charge in [0.05, 0.1) is 0 Å². The van der Waals surface area contributed by atoms with Gasteiger partial charge in [0.2, 0.25) is 0 Å². The number of thiophene rings is 1. The van der Waals surface area contributed by atoms with E-state index in [9.17, 15) is 0 Å². The molecule has 3 heteroatoms. The van der Waals surface area contributed by atoms with Gasteiger partial charge in [-0.3, -0.25) is 0 Å². The molecule has 148 valence electrons. The van der Waals surface area contributed by atoms with Crippen molar-refractivity contribution < 1.29 is 12.4 Å². The van der Waals surface area contributed by atoms with E-state index in [1.54, 1.807) is 16.0 Å². The van der Waals surface area contributed by atoms with Gasteiger partial charge in [-0.1, -0.05) is 51.1 Å². The predicted molar refractivity (Wildman–Crippen MR) is 117 cm³/mol. The number of fused-ring (bicyclic) bond motifs is 4. The molecular weight excluding hydrogens is 382 g/mol. The van der Waals surface area contributed by atoms with E-state index < -0.39 is 0 Å². The fourth-order valence-corrected chi connectivity index (χ4v) is 6.41. The first-order valence-corrected chi connectivity index (χ1v) is 11.4. The Bertz CT molecular complexity index is 997. The minimum absolute atomic E-state index is 0. The third kappa shape index (κ3) is 3.29. The SMILES string of the molecule is CC(C)(C)C1CCc2nc3sc4c(c3c(-c3ccccc3)c2C1)CCCC4.[Cl-]. The summed E-state index contributed by atoms with van der Waals surface area (Å²) in [6.45, 7) is 7.22. The summed E-state index contributed by atoms with van der Waals surface area (Å²) in [5.41, 5.74) is 7.81. The molecule has 1 aromatic carbocycles. The number of aromatic nitrogens is 1. The molecule has 0 amide bonds. The number of rotatable bonds is 1. The molecule has 1 nitrogen and oxygen atoms in total. The van der Waals surface area contributed by atoms with Gasteiger partial charge in [-0.15, -0.1) is 11.3 Å². The zero-order chi connectivity index (χ0) is 18.6. The second kappa shape index (κ2) is 7.46. The maximum Gasteiger partial charge on any atom is 0.124 e. The second-order valence-corrected chi connectivity index (χ2v) is 10.6. The molecule has 2 heterocycles. The number of aryl methyl sites for hydroxylation is 3. The van der Waals surface area contributed by atoms with Crippen LogP contribution in [0.1, 0.15) is 61.7 Å².